The predicted octanol–water partition coefficient (Wildman–Crippen LogP) is 4.63. The van der Waals surface area contributed by atoms with E-state index in [2.05, 4.69) is 51.4 Å². The number of Topliss-reactive ketones (excluding diaryl/α,β-unsaturated/α-hetero) is 1. The highest BCUT2D eigenvalue weighted by Gasteiger charge is 2.12. The van der Waals surface area contributed by atoms with Gasteiger partial charge in [0, 0.05) is 24.1 Å². The topological polar surface area (TPSA) is 114 Å². The Balaban J connectivity index is 1.29. The zero-order chi connectivity index (χ0) is 22.7. The van der Waals surface area contributed by atoms with Crippen LogP contribution in [0.2, 0.25) is 0 Å². The molecule has 2 N–H and O–H groups in total. The van der Waals surface area contributed by atoms with Gasteiger partial charge >= 0.3 is 0 Å². The molecule has 0 spiro atoms. The highest BCUT2D eigenvalue weighted by molar-refractivity contribution is 7.98. The third kappa shape index (κ3) is 5.23. The standard InChI is InChI=1S/C23H23N5O3S/c1-13-9-18-19(10-14(13)2)26-23(25-18)32-12-20-27-22(31-28-20)8-7-21(30)24-17-6-4-5-16(11-17)15(3)29/h4-6,9-11H,7-8,12H2,1-3H3,(H,24,30)(H,25,26). The normalized spacial score (nSPS) is 11.1. The number of aryl methyl sites for hydroxylation is 3. The van der Waals surface area contributed by atoms with Crippen LogP contribution in [0.3, 0.4) is 0 Å². The summed E-state index contributed by atoms with van der Waals surface area (Å²) in [7, 11) is 0. The molecule has 32 heavy (non-hydrogen) atoms. The number of thioether (sulfide) groups is 1. The maximum atomic E-state index is 12.2. The number of fused-ring (bicyclic) bond motifs is 1. The number of carbonyl (C=O) groups is 2. The number of aromatic amines is 1. The Morgan fingerprint density at radius 1 is 1.12 bits per heavy atom. The monoisotopic (exact) mass is 449 g/mol. The number of aromatic nitrogens is 4. The molecule has 2 aromatic carbocycles. The van der Waals surface area contributed by atoms with Crippen molar-refractivity contribution in [2.24, 2.45) is 0 Å². The van der Waals surface area contributed by atoms with Crippen molar-refractivity contribution in [3.05, 3.63) is 64.8 Å². The second-order valence-electron chi connectivity index (χ2n) is 7.57. The number of hydrogen-bond donors (Lipinski definition) is 2. The molecule has 0 saturated carbocycles. The van der Waals surface area contributed by atoms with Crippen molar-refractivity contribution >= 4 is 40.2 Å². The molecule has 0 aliphatic carbocycles. The summed E-state index contributed by atoms with van der Waals surface area (Å²) in [6.45, 7) is 5.63. The van der Waals surface area contributed by atoms with E-state index in [0.717, 1.165) is 16.2 Å². The minimum absolute atomic E-state index is 0.0507. The van der Waals surface area contributed by atoms with E-state index in [9.17, 15) is 9.59 Å². The summed E-state index contributed by atoms with van der Waals surface area (Å²) in [6.07, 6.45) is 0.528. The number of carbonyl (C=O) groups excluding carboxylic acids is 2. The fourth-order valence-electron chi connectivity index (χ4n) is 3.16. The molecule has 4 aromatic rings. The Hall–Kier alpha value is -3.46. The molecule has 8 nitrogen and oxygen atoms in total. The summed E-state index contributed by atoms with van der Waals surface area (Å²) in [5, 5.41) is 7.57. The fraction of sp³-hybridized carbons (Fsp3) is 0.261. The van der Waals surface area contributed by atoms with Crippen LogP contribution in [0.4, 0.5) is 5.69 Å². The van der Waals surface area contributed by atoms with Gasteiger partial charge in [0.2, 0.25) is 11.8 Å². The van der Waals surface area contributed by atoms with E-state index in [1.54, 1.807) is 24.3 Å². The van der Waals surface area contributed by atoms with E-state index in [1.807, 2.05) is 0 Å². The number of H-pyrrole nitrogens is 1. The van der Waals surface area contributed by atoms with Crippen molar-refractivity contribution in [2.75, 3.05) is 5.32 Å². The average molecular weight is 450 g/mol. The lowest BCUT2D eigenvalue weighted by atomic mass is 10.1. The fourth-order valence-corrected chi connectivity index (χ4v) is 3.89. The van der Waals surface area contributed by atoms with Gasteiger partial charge in [0.25, 0.3) is 0 Å². The lowest BCUT2D eigenvalue weighted by Crippen LogP contribution is -2.12. The number of anilines is 1. The number of nitrogens with zero attached hydrogens (tertiary/aromatic N) is 3. The summed E-state index contributed by atoms with van der Waals surface area (Å²) in [6, 6.07) is 11.0. The van der Waals surface area contributed by atoms with Crippen molar-refractivity contribution in [3.63, 3.8) is 0 Å². The van der Waals surface area contributed by atoms with E-state index in [4.69, 9.17) is 4.52 Å². The SMILES string of the molecule is CC(=O)c1cccc(NC(=O)CCc2nc(CSc3nc4cc(C)c(C)cc4[nH]3)no2)c1. The predicted molar refractivity (Wildman–Crippen MR) is 123 cm³/mol. The molecular weight excluding hydrogens is 426 g/mol. The van der Waals surface area contributed by atoms with Crippen LogP contribution < -0.4 is 5.32 Å². The Labute approximate surface area is 189 Å². The number of amides is 1. The minimum Gasteiger partial charge on any atom is -0.339 e. The molecule has 0 fully saturated rings. The molecule has 0 atom stereocenters. The largest absolute Gasteiger partial charge is 0.339 e. The third-order valence-corrected chi connectivity index (χ3v) is 5.91. The molecule has 2 aromatic heterocycles. The van der Waals surface area contributed by atoms with E-state index in [0.29, 0.717) is 35.1 Å². The van der Waals surface area contributed by atoms with Crippen molar-refractivity contribution in [1.82, 2.24) is 20.1 Å². The molecular formula is C23H23N5O3S. The summed E-state index contributed by atoms with van der Waals surface area (Å²) in [5.41, 5.74) is 5.50. The molecule has 0 aliphatic rings. The number of nitrogens with one attached hydrogen (secondary N) is 2. The number of imidazole rings is 1. The number of ketones is 1. The van der Waals surface area contributed by atoms with Crippen molar-refractivity contribution in [1.29, 1.82) is 0 Å². The van der Waals surface area contributed by atoms with Gasteiger partial charge in [-0.25, -0.2) is 4.98 Å². The van der Waals surface area contributed by atoms with Gasteiger partial charge in [0.15, 0.2) is 16.8 Å². The van der Waals surface area contributed by atoms with Gasteiger partial charge in [-0.2, -0.15) is 4.98 Å². The van der Waals surface area contributed by atoms with Gasteiger partial charge in [0.05, 0.1) is 16.8 Å². The van der Waals surface area contributed by atoms with Crippen LogP contribution in [0.1, 0.15) is 46.5 Å². The molecule has 0 radical (unpaired) electrons. The lowest BCUT2D eigenvalue weighted by molar-refractivity contribution is -0.116. The maximum Gasteiger partial charge on any atom is 0.227 e. The zero-order valence-electron chi connectivity index (χ0n) is 18.1. The number of benzene rings is 2. The summed E-state index contributed by atoms with van der Waals surface area (Å²) in [4.78, 5) is 35.9. The number of hydrogen-bond acceptors (Lipinski definition) is 7. The highest BCUT2D eigenvalue weighted by Crippen LogP contribution is 2.24. The van der Waals surface area contributed by atoms with Crippen molar-refractivity contribution in [2.45, 2.75) is 44.5 Å². The highest BCUT2D eigenvalue weighted by atomic mass is 32.2. The van der Waals surface area contributed by atoms with Gasteiger partial charge < -0.3 is 14.8 Å². The van der Waals surface area contributed by atoms with Crippen LogP contribution in [0.15, 0.2) is 46.1 Å². The van der Waals surface area contributed by atoms with E-state index in [1.165, 1.54) is 29.8 Å². The lowest BCUT2D eigenvalue weighted by Gasteiger charge is -2.05. The molecule has 2 heterocycles. The van der Waals surface area contributed by atoms with Gasteiger partial charge in [-0.1, -0.05) is 29.1 Å². The van der Waals surface area contributed by atoms with Crippen LogP contribution in [-0.2, 0) is 17.0 Å². The van der Waals surface area contributed by atoms with Gasteiger partial charge in [-0.3, -0.25) is 9.59 Å². The minimum atomic E-state index is -0.187. The van der Waals surface area contributed by atoms with Crippen LogP contribution in [-0.4, -0.2) is 31.8 Å². The van der Waals surface area contributed by atoms with Crippen LogP contribution >= 0.6 is 11.8 Å². The van der Waals surface area contributed by atoms with Crippen molar-refractivity contribution < 1.29 is 14.1 Å². The molecule has 0 saturated heterocycles. The first kappa shape index (κ1) is 21.8. The zero-order valence-corrected chi connectivity index (χ0v) is 18.9. The molecule has 1 amide bonds. The molecule has 9 heteroatoms. The maximum absolute atomic E-state index is 12.2. The first-order valence-electron chi connectivity index (χ1n) is 10.2. The second kappa shape index (κ2) is 9.35. The Morgan fingerprint density at radius 3 is 2.75 bits per heavy atom. The van der Waals surface area contributed by atoms with Gasteiger partial charge in [0.1, 0.15) is 0 Å². The Bertz CT molecular complexity index is 1260. The number of rotatable bonds is 8. The average Bonchev–Trinajstić information content (AvgIpc) is 3.37. The molecule has 0 bridgehead atoms. The van der Waals surface area contributed by atoms with Crippen LogP contribution in [0.5, 0.6) is 0 Å². The summed E-state index contributed by atoms with van der Waals surface area (Å²) in [5.74, 6) is 1.22. The second-order valence-corrected chi connectivity index (χ2v) is 8.54. The summed E-state index contributed by atoms with van der Waals surface area (Å²) >= 11 is 1.50. The first-order valence-corrected chi connectivity index (χ1v) is 11.2. The molecule has 4 rings (SSSR count). The third-order valence-electron chi connectivity index (χ3n) is 5.04. The Morgan fingerprint density at radius 2 is 1.94 bits per heavy atom. The quantitative estimate of drug-likeness (QED) is 0.298. The molecule has 0 aliphatic heterocycles. The van der Waals surface area contributed by atoms with Gasteiger partial charge in [-0.15, -0.1) is 0 Å². The van der Waals surface area contributed by atoms with E-state index < -0.39 is 0 Å². The first-order chi connectivity index (χ1) is 15.4. The van der Waals surface area contributed by atoms with E-state index in [-0.39, 0.29) is 18.1 Å². The van der Waals surface area contributed by atoms with Gasteiger partial charge in [-0.05, 0) is 56.2 Å². The smallest absolute Gasteiger partial charge is 0.227 e. The molecule has 0 unspecified atom stereocenters. The Kier molecular flexibility index (Phi) is 6.36. The van der Waals surface area contributed by atoms with Crippen molar-refractivity contribution in [3.8, 4) is 0 Å². The van der Waals surface area contributed by atoms with Crippen LogP contribution in [0.25, 0.3) is 11.0 Å². The molecule has 164 valence electrons. The summed E-state index contributed by atoms with van der Waals surface area (Å²) < 4.78 is 5.26. The van der Waals surface area contributed by atoms with Crippen LogP contribution in [0, 0.1) is 13.8 Å². The van der Waals surface area contributed by atoms with E-state index >= 15 is 0 Å².